The summed E-state index contributed by atoms with van der Waals surface area (Å²) >= 11 is 1.64. The van der Waals surface area contributed by atoms with Crippen molar-refractivity contribution in [2.24, 2.45) is 0 Å². The Labute approximate surface area is 119 Å². The molecule has 0 aliphatic rings. The maximum Gasteiger partial charge on any atom is 0.574 e. The normalized spacial score (nSPS) is 11.3. The first kappa shape index (κ1) is 15.9. The van der Waals surface area contributed by atoms with Gasteiger partial charge in [0.25, 0.3) is 0 Å². The van der Waals surface area contributed by atoms with Crippen LogP contribution < -0.4 is 4.74 Å². The Morgan fingerprint density at radius 3 is 2.58 bits per heavy atom. The second-order valence-corrected chi connectivity index (χ2v) is 4.46. The number of esters is 1. The maximum absolute atomic E-state index is 12.8. The van der Waals surface area contributed by atoms with E-state index in [9.17, 15) is 22.4 Å². The molecule has 0 aliphatic heterocycles. The van der Waals surface area contributed by atoms with Crippen LogP contribution in [0.25, 0.3) is 0 Å². The molecule has 0 amide bonds. The number of alkyl halides is 4. The van der Waals surface area contributed by atoms with E-state index in [0.717, 1.165) is 13.2 Å². The van der Waals surface area contributed by atoms with Gasteiger partial charge in [0.2, 0.25) is 5.88 Å². The highest BCUT2D eigenvalue weighted by molar-refractivity contribution is 14.1. The number of pyridine rings is 1. The first-order chi connectivity index (χ1) is 8.76. The zero-order valence-corrected chi connectivity index (χ0v) is 11.7. The number of carbonyl (C=O) groups excluding carboxylic acids is 1. The van der Waals surface area contributed by atoms with E-state index in [1.807, 2.05) is 0 Å². The molecule has 1 aromatic rings. The summed E-state index contributed by atoms with van der Waals surface area (Å²) in [6.07, 6.45) is -5.34. The number of halogens is 5. The topological polar surface area (TPSA) is 48.4 Å². The molecule has 1 rings (SSSR count). The smallest absolute Gasteiger partial charge is 0.469 e. The number of hydrogen-bond acceptors (Lipinski definition) is 4. The molecule has 4 nitrogen and oxygen atoms in total. The van der Waals surface area contributed by atoms with Crippen molar-refractivity contribution in [3.8, 4) is 5.88 Å². The summed E-state index contributed by atoms with van der Waals surface area (Å²) in [7, 11) is 1.11. The Hall–Kier alpha value is -1.13. The summed E-state index contributed by atoms with van der Waals surface area (Å²) in [5, 5.41) is 0. The zero-order chi connectivity index (χ0) is 14.6. The van der Waals surface area contributed by atoms with Crippen LogP contribution in [0.4, 0.5) is 17.6 Å². The minimum absolute atomic E-state index is 0.0422. The van der Waals surface area contributed by atoms with E-state index in [1.165, 1.54) is 0 Å². The lowest BCUT2D eigenvalue weighted by Gasteiger charge is -2.12. The van der Waals surface area contributed by atoms with E-state index in [2.05, 4.69) is 14.5 Å². The van der Waals surface area contributed by atoms with Crippen molar-refractivity contribution in [1.82, 2.24) is 4.98 Å². The molecule has 0 aliphatic carbocycles. The Morgan fingerprint density at radius 1 is 1.47 bits per heavy atom. The zero-order valence-electron chi connectivity index (χ0n) is 9.55. The molecule has 0 bridgehead atoms. The van der Waals surface area contributed by atoms with Crippen molar-refractivity contribution in [1.29, 1.82) is 0 Å². The van der Waals surface area contributed by atoms with E-state index in [4.69, 9.17) is 0 Å². The van der Waals surface area contributed by atoms with Gasteiger partial charge in [-0.2, -0.15) is 0 Å². The average molecular weight is 393 g/mol. The van der Waals surface area contributed by atoms with Crippen molar-refractivity contribution in [2.45, 2.75) is 19.5 Å². The second kappa shape index (κ2) is 6.35. The van der Waals surface area contributed by atoms with Gasteiger partial charge in [-0.15, -0.1) is 13.2 Å². The first-order valence-electron chi connectivity index (χ1n) is 4.83. The molecular weight excluding hydrogens is 385 g/mol. The molecule has 0 aromatic carbocycles. The molecular formula is C10H8F4INO3. The van der Waals surface area contributed by atoms with Crippen molar-refractivity contribution in [2.75, 3.05) is 7.11 Å². The summed E-state index contributed by atoms with van der Waals surface area (Å²) in [6.45, 7) is -0.954. The summed E-state index contributed by atoms with van der Waals surface area (Å²) in [5.41, 5.74) is -0.0963. The van der Waals surface area contributed by atoms with Crippen molar-refractivity contribution < 1.29 is 31.8 Å². The van der Waals surface area contributed by atoms with Gasteiger partial charge in [-0.3, -0.25) is 4.79 Å². The van der Waals surface area contributed by atoms with Crippen LogP contribution in [0.5, 0.6) is 5.88 Å². The van der Waals surface area contributed by atoms with Gasteiger partial charge in [-0.05, 0) is 22.6 Å². The summed E-state index contributed by atoms with van der Waals surface area (Å²) in [5.74, 6) is -1.48. The van der Waals surface area contributed by atoms with Gasteiger partial charge >= 0.3 is 12.3 Å². The van der Waals surface area contributed by atoms with Crippen LogP contribution in [0.15, 0.2) is 6.07 Å². The van der Waals surface area contributed by atoms with E-state index < -0.39 is 31.3 Å². The number of aromatic nitrogens is 1. The van der Waals surface area contributed by atoms with E-state index in [0.29, 0.717) is 0 Å². The van der Waals surface area contributed by atoms with E-state index in [1.54, 1.807) is 22.6 Å². The highest BCUT2D eigenvalue weighted by Gasteiger charge is 2.32. The van der Waals surface area contributed by atoms with Crippen molar-refractivity contribution >= 4 is 28.6 Å². The largest absolute Gasteiger partial charge is 0.574 e. The van der Waals surface area contributed by atoms with E-state index >= 15 is 0 Å². The fourth-order valence-corrected chi connectivity index (χ4v) is 1.95. The first-order valence-corrected chi connectivity index (χ1v) is 5.91. The molecule has 19 heavy (non-hydrogen) atoms. The molecule has 0 fully saturated rings. The highest BCUT2D eigenvalue weighted by atomic mass is 127. The van der Waals surface area contributed by atoms with Gasteiger partial charge in [0.1, 0.15) is 6.67 Å². The molecule has 0 unspecified atom stereocenters. The summed E-state index contributed by atoms with van der Waals surface area (Å²) in [4.78, 5) is 14.6. The van der Waals surface area contributed by atoms with Crippen LogP contribution in [0, 0.1) is 3.57 Å². The van der Waals surface area contributed by atoms with Crippen LogP contribution in [0.1, 0.15) is 11.3 Å². The lowest BCUT2D eigenvalue weighted by atomic mass is 10.1. The van der Waals surface area contributed by atoms with Crippen molar-refractivity contribution in [3.63, 3.8) is 0 Å². The maximum atomic E-state index is 12.8. The van der Waals surface area contributed by atoms with Gasteiger partial charge in [0, 0.05) is 15.2 Å². The minimum atomic E-state index is -4.91. The highest BCUT2D eigenvalue weighted by Crippen LogP contribution is 2.26. The molecule has 1 heterocycles. The Bertz CT molecular complexity index is 479. The lowest BCUT2D eigenvalue weighted by molar-refractivity contribution is -0.276. The summed E-state index contributed by atoms with van der Waals surface area (Å²) in [6, 6.07) is 0.948. The number of ether oxygens (including phenoxy) is 2. The Balaban J connectivity index is 3.14. The fraction of sp³-hybridized carbons (Fsp3) is 0.400. The molecule has 106 valence electrons. The third kappa shape index (κ3) is 4.80. The molecule has 0 N–H and O–H groups in total. The van der Waals surface area contributed by atoms with Crippen molar-refractivity contribution in [3.05, 3.63) is 20.9 Å². The van der Waals surface area contributed by atoms with Crippen LogP contribution in [0.2, 0.25) is 0 Å². The predicted octanol–water partition coefficient (Wildman–Crippen LogP) is 2.77. The van der Waals surface area contributed by atoms with E-state index in [-0.39, 0.29) is 14.8 Å². The third-order valence-electron chi connectivity index (χ3n) is 2.03. The fourth-order valence-electron chi connectivity index (χ4n) is 1.23. The molecule has 0 saturated heterocycles. The molecule has 0 atom stereocenters. The monoisotopic (exact) mass is 393 g/mol. The van der Waals surface area contributed by atoms with Gasteiger partial charge in [0.05, 0.1) is 19.2 Å². The van der Waals surface area contributed by atoms with Gasteiger partial charge < -0.3 is 9.47 Å². The van der Waals surface area contributed by atoms with Gasteiger partial charge in [0.15, 0.2) is 0 Å². The Kier molecular flexibility index (Phi) is 5.32. The molecule has 9 heteroatoms. The number of carbonyl (C=O) groups is 1. The van der Waals surface area contributed by atoms with Crippen LogP contribution >= 0.6 is 22.6 Å². The molecule has 0 spiro atoms. The molecule has 0 radical (unpaired) electrons. The number of rotatable bonds is 4. The SMILES string of the molecule is COC(=O)Cc1nc(OC(F)(F)F)cc(I)c1CF. The van der Waals surface area contributed by atoms with Crippen LogP contribution in [-0.2, 0) is 22.6 Å². The second-order valence-electron chi connectivity index (χ2n) is 3.30. The number of hydrogen-bond donors (Lipinski definition) is 0. The number of nitrogens with zero attached hydrogens (tertiary/aromatic N) is 1. The Morgan fingerprint density at radius 2 is 2.11 bits per heavy atom. The summed E-state index contributed by atoms with van der Waals surface area (Å²) < 4.78 is 57.3. The van der Waals surface area contributed by atoms with Gasteiger partial charge in [-0.1, -0.05) is 0 Å². The molecule has 1 aromatic heterocycles. The average Bonchev–Trinajstić information content (AvgIpc) is 2.26. The third-order valence-corrected chi connectivity index (χ3v) is 2.99. The molecule has 0 saturated carbocycles. The standard InChI is InChI=1S/C10H8F4INO3/c1-18-9(17)3-7-5(4-11)6(15)2-8(16-7)19-10(12,13)14/h2H,3-4H2,1H3. The van der Waals surface area contributed by atoms with Gasteiger partial charge in [-0.25, -0.2) is 9.37 Å². The predicted molar refractivity (Wildman–Crippen MR) is 64.2 cm³/mol. The quantitative estimate of drug-likeness (QED) is 0.449. The lowest BCUT2D eigenvalue weighted by Crippen LogP contribution is -2.19. The minimum Gasteiger partial charge on any atom is -0.469 e. The number of methoxy groups -OCH3 is 1. The van der Waals surface area contributed by atoms with Crippen LogP contribution in [-0.4, -0.2) is 24.4 Å². The van der Waals surface area contributed by atoms with Crippen LogP contribution in [0.3, 0.4) is 0 Å².